The summed E-state index contributed by atoms with van der Waals surface area (Å²) in [5.74, 6) is 0.897. The molecule has 1 N–H and O–H groups in total. The van der Waals surface area contributed by atoms with E-state index in [-0.39, 0.29) is 17.7 Å². The number of aromatic nitrogens is 2. The van der Waals surface area contributed by atoms with Gasteiger partial charge in [-0.2, -0.15) is 0 Å². The summed E-state index contributed by atoms with van der Waals surface area (Å²) in [5, 5.41) is 12.4. The fraction of sp³-hybridized carbons (Fsp3) is 0.500. The quantitative estimate of drug-likeness (QED) is 0.508. The standard InChI is InChI=1S/C26H35N3O4/c1-15(2)13-21(29(25(31)32)26(5,6)7)17(4)33-18-9-10-19-20-11-12-27-16(3)23(20)24(30)28(8)22(19)14-18/h9-12,14-15,17,21H,13H2,1-8H3,(H,31,32)/t17?,21-/m0/s1. The van der Waals surface area contributed by atoms with Gasteiger partial charge in [-0.25, -0.2) is 4.79 Å². The molecular weight excluding hydrogens is 418 g/mol. The third-order valence-electron chi connectivity index (χ3n) is 6.12. The Morgan fingerprint density at radius 2 is 1.85 bits per heavy atom. The van der Waals surface area contributed by atoms with Crippen molar-refractivity contribution in [3.63, 3.8) is 0 Å². The molecule has 0 saturated heterocycles. The third-order valence-corrected chi connectivity index (χ3v) is 6.12. The smallest absolute Gasteiger partial charge is 0.408 e. The highest BCUT2D eigenvalue weighted by Crippen LogP contribution is 2.30. The Bertz CT molecular complexity index is 1240. The lowest BCUT2D eigenvalue weighted by molar-refractivity contribution is 0.0152. The number of hydrogen-bond donors (Lipinski definition) is 1. The normalized spacial score (nSPS) is 14.0. The summed E-state index contributed by atoms with van der Waals surface area (Å²) in [6.07, 6.45) is 1.05. The molecule has 0 spiro atoms. The zero-order chi connectivity index (χ0) is 24.7. The Morgan fingerprint density at radius 1 is 1.18 bits per heavy atom. The third kappa shape index (κ3) is 4.82. The maximum Gasteiger partial charge on any atom is 0.408 e. The molecule has 0 aliphatic carbocycles. The maximum absolute atomic E-state index is 13.0. The van der Waals surface area contributed by atoms with Crippen LogP contribution in [0.25, 0.3) is 21.7 Å². The number of carboxylic acid groups (broad SMARTS) is 1. The molecule has 7 nitrogen and oxygen atoms in total. The first-order chi connectivity index (χ1) is 15.3. The topological polar surface area (TPSA) is 84.7 Å². The number of hydrogen-bond acceptors (Lipinski definition) is 4. The number of nitrogens with zero attached hydrogens (tertiary/aromatic N) is 3. The van der Waals surface area contributed by atoms with Crippen molar-refractivity contribution in [2.24, 2.45) is 13.0 Å². The number of pyridine rings is 2. The van der Waals surface area contributed by atoms with Gasteiger partial charge in [-0.15, -0.1) is 0 Å². The SMILES string of the molecule is Cc1nccc2c1c(=O)n(C)c1cc(OC(C)[C@H](CC(C)C)N(C(=O)O)C(C)(C)C)ccc21. The Hall–Kier alpha value is -3.09. The zero-order valence-corrected chi connectivity index (χ0v) is 20.8. The van der Waals surface area contributed by atoms with Gasteiger partial charge in [-0.3, -0.25) is 14.7 Å². The molecule has 1 unspecified atom stereocenters. The van der Waals surface area contributed by atoms with Crippen LogP contribution in [0.5, 0.6) is 5.75 Å². The minimum atomic E-state index is -0.958. The van der Waals surface area contributed by atoms with E-state index >= 15 is 0 Å². The van der Waals surface area contributed by atoms with E-state index in [1.54, 1.807) is 17.8 Å². The molecule has 1 amide bonds. The summed E-state index contributed by atoms with van der Waals surface area (Å²) in [4.78, 5) is 30.9. The lowest BCUT2D eigenvalue weighted by Crippen LogP contribution is -2.56. The van der Waals surface area contributed by atoms with Crippen LogP contribution in [0.15, 0.2) is 35.3 Å². The van der Waals surface area contributed by atoms with Gasteiger partial charge in [0, 0.05) is 30.2 Å². The van der Waals surface area contributed by atoms with E-state index in [0.29, 0.717) is 29.2 Å². The molecule has 0 aliphatic heterocycles. The van der Waals surface area contributed by atoms with Gasteiger partial charge < -0.3 is 14.4 Å². The van der Waals surface area contributed by atoms with Crippen LogP contribution in [0.1, 0.15) is 53.7 Å². The summed E-state index contributed by atoms with van der Waals surface area (Å²) in [6, 6.07) is 7.23. The van der Waals surface area contributed by atoms with Gasteiger partial charge >= 0.3 is 6.09 Å². The van der Waals surface area contributed by atoms with E-state index in [1.807, 2.05) is 58.9 Å². The first-order valence-corrected chi connectivity index (χ1v) is 11.4. The molecule has 0 fully saturated rings. The number of ether oxygens (including phenoxy) is 1. The first-order valence-electron chi connectivity index (χ1n) is 11.4. The fourth-order valence-electron chi connectivity index (χ4n) is 4.64. The van der Waals surface area contributed by atoms with Crippen molar-refractivity contribution in [2.75, 3.05) is 0 Å². The van der Waals surface area contributed by atoms with Gasteiger partial charge in [0.25, 0.3) is 5.56 Å². The molecule has 7 heteroatoms. The van der Waals surface area contributed by atoms with Crippen LogP contribution in [0.4, 0.5) is 4.79 Å². The average Bonchev–Trinajstić information content (AvgIpc) is 2.69. The van der Waals surface area contributed by atoms with Gasteiger partial charge in [-0.05, 0) is 70.5 Å². The number of carbonyl (C=O) groups is 1. The molecular formula is C26H35N3O4. The van der Waals surface area contributed by atoms with Crippen LogP contribution in [0, 0.1) is 12.8 Å². The summed E-state index contributed by atoms with van der Waals surface area (Å²) < 4.78 is 7.93. The number of rotatable bonds is 6. The van der Waals surface area contributed by atoms with E-state index in [9.17, 15) is 14.7 Å². The van der Waals surface area contributed by atoms with Crippen LogP contribution in [0.2, 0.25) is 0 Å². The molecule has 2 heterocycles. The molecule has 178 valence electrons. The van der Waals surface area contributed by atoms with Crippen LogP contribution in [0.3, 0.4) is 0 Å². The van der Waals surface area contributed by atoms with Gasteiger partial charge in [0.1, 0.15) is 11.9 Å². The Morgan fingerprint density at radius 3 is 2.42 bits per heavy atom. The lowest BCUT2D eigenvalue weighted by Gasteiger charge is -2.42. The Balaban J connectivity index is 2.05. The van der Waals surface area contributed by atoms with E-state index in [2.05, 4.69) is 18.8 Å². The van der Waals surface area contributed by atoms with Gasteiger partial charge in [0.2, 0.25) is 0 Å². The second-order valence-corrected chi connectivity index (χ2v) is 10.2. The van der Waals surface area contributed by atoms with Gasteiger partial charge in [-0.1, -0.05) is 13.8 Å². The highest BCUT2D eigenvalue weighted by molar-refractivity contribution is 6.06. The van der Waals surface area contributed by atoms with Crippen LogP contribution in [-0.2, 0) is 7.05 Å². The van der Waals surface area contributed by atoms with Crippen LogP contribution >= 0.6 is 0 Å². The predicted octanol–water partition coefficient (Wildman–Crippen LogP) is 5.36. The second kappa shape index (κ2) is 9.04. The maximum atomic E-state index is 13.0. The number of aryl methyl sites for hydroxylation is 2. The van der Waals surface area contributed by atoms with Gasteiger partial charge in [0.15, 0.2) is 0 Å². The highest BCUT2D eigenvalue weighted by Gasteiger charge is 2.37. The lowest BCUT2D eigenvalue weighted by atomic mass is 9.94. The summed E-state index contributed by atoms with van der Waals surface area (Å²) >= 11 is 0. The summed E-state index contributed by atoms with van der Waals surface area (Å²) in [5.41, 5.74) is 0.794. The van der Waals surface area contributed by atoms with Crippen molar-refractivity contribution in [3.8, 4) is 5.75 Å². The average molecular weight is 454 g/mol. The minimum absolute atomic E-state index is 0.101. The fourth-order valence-corrected chi connectivity index (χ4v) is 4.64. The Labute approximate surface area is 195 Å². The molecule has 2 atom stereocenters. The molecule has 1 aromatic carbocycles. The number of benzene rings is 1. The number of fused-ring (bicyclic) bond motifs is 3. The molecule has 2 aromatic heterocycles. The predicted molar refractivity (Wildman–Crippen MR) is 132 cm³/mol. The molecule has 33 heavy (non-hydrogen) atoms. The van der Waals surface area contributed by atoms with Crippen molar-refractivity contribution in [1.82, 2.24) is 14.5 Å². The molecule has 0 radical (unpaired) electrons. The number of amides is 1. The largest absolute Gasteiger partial charge is 0.488 e. The van der Waals surface area contributed by atoms with Crippen molar-refractivity contribution in [1.29, 1.82) is 0 Å². The van der Waals surface area contributed by atoms with Crippen molar-refractivity contribution in [3.05, 3.63) is 46.5 Å². The second-order valence-electron chi connectivity index (χ2n) is 10.2. The van der Waals surface area contributed by atoms with E-state index in [1.165, 1.54) is 4.90 Å². The summed E-state index contributed by atoms with van der Waals surface area (Å²) in [7, 11) is 1.75. The molecule has 3 aromatic rings. The highest BCUT2D eigenvalue weighted by atomic mass is 16.5. The van der Waals surface area contributed by atoms with E-state index < -0.39 is 11.6 Å². The van der Waals surface area contributed by atoms with Crippen LogP contribution in [-0.4, -0.2) is 43.3 Å². The molecule has 0 saturated carbocycles. The van der Waals surface area contributed by atoms with Crippen LogP contribution < -0.4 is 10.3 Å². The zero-order valence-electron chi connectivity index (χ0n) is 20.8. The summed E-state index contributed by atoms with van der Waals surface area (Å²) in [6.45, 7) is 13.6. The minimum Gasteiger partial charge on any atom is -0.488 e. The monoisotopic (exact) mass is 453 g/mol. The van der Waals surface area contributed by atoms with Crippen molar-refractivity contribution >= 4 is 27.8 Å². The van der Waals surface area contributed by atoms with Crippen molar-refractivity contribution in [2.45, 2.75) is 72.6 Å². The molecule has 3 rings (SSSR count). The first kappa shape index (κ1) is 24.6. The molecule has 0 bridgehead atoms. The van der Waals surface area contributed by atoms with Crippen molar-refractivity contribution < 1.29 is 14.6 Å². The van der Waals surface area contributed by atoms with E-state index in [0.717, 1.165) is 16.3 Å². The van der Waals surface area contributed by atoms with Gasteiger partial charge in [0.05, 0.1) is 22.6 Å². The molecule has 0 aliphatic rings. The Kier molecular flexibility index (Phi) is 6.73. The van der Waals surface area contributed by atoms with E-state index in [4.69, 9.17) is 4.74 Å².